The Bertz CT molecular complexity index is 598. The quantitative estimate of drug-likeness (QED) is 0.908. The number of nitrogens with zero attached hydrogens (tertiary/aromatic N) is 2. The molecule has 2 rings (SSSR count). The molecule has 0 saturated carbocycles. The molecule has 0 unspecified atom stereocenters. The van der Waals surface area contributed by atoms with Crippen LogP contribution in [0.5, 0.6) is 0 Å². The molecule has 0 aliphatic rings. The molecule has 1 N–H and O–H groups in total. The van der Waals surface area contributed by atoms with E-state index in [4.69, 9.17) is 0 Å². The Morgan fingerprint density at radius 2 is 2.19 bits per heavy atom. The minimum Gasteiger partial charge on any atom is -0.276 e. The van der Waals surface area contributed by atoms with Crippen LogP contribution in [0.1, 0.15) is 4.88 Å². The molecule has 0 spiro atoms. The van der Waals surface area contributed by atoms with Crippen LogP contribution in [0.2, 0.25) is 0 Å². The maximum atomic E-state index is 11.9. The first-order valence-corrected chi connectivity index (χ1v) is 6.85. The number of thiophene rings is 1. The van der Waals surface area contributed by atoms with Crippen molar-refractivity contribution in [2.75, 3.05) is 4.72 Å². The first kappa shape index (κ1) is 11.2. The third-order valence-electron chi connectivity index (χ3n) is 1.94. The maximum absolute atomic E-state index is 11.9. The lowest BCUT2D eigenvalue weighted by atomic mass is 10.5. The van der Waals surface area contributed by atoms with Crippen LogP contribution < -0.4 is 4.72 Å². The Morgan fingerprint density at radius 1 is 1.44 bits per heavy atom. The van der Waals surface area contributed by atoms with Crippen molar-refractivity contribution in [3.05, 3.63) is 29.4 Å². The molecular weight excluding hydrogens is 246 g/mol. The van der Waals surface area contributed by atoms with Crippen LogP contribution in [-0.2, 0) is 17.1 Å². The van der Waals surface area contributed by atoms with Crippen molar-refractivity contribution >= 4 is 27.0 Å². The highest BCUT2D eigenvalue weighted by Crippen LogP contribution is 2.22. The largest absolute Gasteiger partial charge is 0.276 e. The fourth-order valence-corrected chi connectivity index (χ4v) is 3.55. The van der Waals surface area contributed by atoms with Gasteiger partial charge in [-0.15, -0.1) is 11.3 Å². The molecule has 2 heterocycles. The van der Waals surface area contributed by atoms with Gasteiger partial charge in [-0.25, -0.2) is 8.42 Å². The van der Waals surface area contributed by atoms with E-state index in [1.54, 1.807) is 25.4 Å². The van der Waals surface area contributed by atoms with E-state index in [0.717, 1.165) is 4.88 Å². The van der Waals surface area contributed by atoms with Crippen LogP contribution in [0.3, 0.4) is 0 Å². The van der Waals surface area contributed by atoms with Crippen molar-refractivity contribution in [2.24, 2.45) is 7.05 Å². The van der Waals surface area contributed by atoms with Gasteiger partial charge in [0.2, 0.25) is 0 Å². The molecule has 86 valence electrons. The summed E-state index contributed by atoms with van der Waals surface area (Å²) in [5, 5.41) is 3.89. The molecule has 0 aliphatic carbocycles. The van der Waals surface area contributed by atoms with Crippen LogP contribution in [0, 0.1) is 6.92 Å². The highest BCUT2D eigenvalue weighted by atomic mass is 32.2. The van der Waals surface area contributed by atoms with Gasteiger partial charge in [-0.2, -0.15) is 5.10 Å². The molecule has 16 heavy (non-hydrogen) atoms. The zero-order valence-corrected chi connectivity index (χ0v) is 10.5. The third-order valence-corrected chi connectivity index (χ3v) is 4.81. The molecule has 5 nitrogen and oxygen atoms in total. The Morgan fingerprint density at radius 3 is 2.69 bits per heavy atom. The minimum absolute atomic E-state index is 0.314. The average Bonchev–Trinajstić information content (AvgIpc) is 2.75. The maximum Gasteiger partial charge on any atom is 0.271 e. The van der Waals surface area contributed by atoms with E-state index in [-0.39, 0.29) is 0 Å². The summed E-state index contributed by atoms with van der Waals surface area (Å²) in [6.45, 7) is 1.87. The van der Waals surface area contributed by atoms with E-state index < -0.39 is 10.0 Å². The molecule has 2 aromatic rings. The fraction of sp³-hybridized carbons (Fsp3) is 0.222. The lowest BCUT2D eigenvalue weighted by molar-refractivity contribution is 0.603. The number of aryl methyl sites for hydroxylation is 2. The fourth-order valence-electron chi connectivity index (χ4n) is 1.24. The van der Waals surface area contributed by atoms with Gasteiger partial charge >= 0.3 is 0 Å². The van der Waals surface area contributed by atoms with Crippen molar-refractivity contribution in [3.8, 4) is 0 Å². The standard InChI is InChI=1S/C9H11N3O2S2/c1-7-3-4-9(15-7)16(13,14)11-8-5-10-12(2)6-8/h3-6,11H,1-2H3. The summed E-state index contributed by atoms with van der Waals surface area (Å²) in [7, 11) is -1.73. The van der Waals surface area contributed by atoms with Gasteiger partial charge in [0, 0.05) is 18.1 Å². The molecule has 0 atom stereocenters. The van der Waals surface area contributed by atoms with E-state index in [9.17, 15) is 8.42 Å². The Kier molecular flexibility index (Phi) is 2.73. The van der Waals surface area contributed by atoms with E-state index in [2.05, 4.69) is 9.82 Å². The predicted molar refractivity (Wildman–Crippen MR) is 63.1 cm³/mol. The highest BCUT2D eigenvalue weighted by molar-refractivity contribution is 7.94. The van der Waals surface area contributed by atoms with Crippen LogP contribution in [0.4, 0.5) is 5.69 Å². The van der Waals surface area contributed by atoms with Gasteiger partial charge in [0.05, 0.1) is 11.9 Å². The van der Waals surface area contributed by atoms with Gasteiger partial charge in [-0.3, -0.25) is 9.40 Å². The molecule has 0 aromatic carbocycles. The Hall–Kier alpha value is -1.34. The normalized spacial score (nSPS) is 11.6. The smallest absolute Gasteiger partial charge is 0.271 e. The molecule has 0 aliphatic heterocycles. The topological polar surface area (TPSA) is 64.0 Å². The second-order valence-corrected chi connectivity index (χ2v) is 6.57. The number of rotatable bonds is 3. The molecule has 0 saturated heterocycles. The first-order chi connectivity index (χ1) is 7.47. The Labute approximate surface area is 97.8 Å². The van der Waals surface area contributed by atoms with Crippen molar-refractivity contribution < 1.29 is 8.42 Å². The lowest BCUT2D eigenvalue weighted by Gasteiger charge is -2.02. The summed E-state index contributed by atoms with van der Waals surface area (Å²) in [6, 6.07) is 3.38. The predicted octanol–water partition coefficient (Wildman–Crippen LogP) is 1.59. The van der Waals surface area contributed by atoms with Gasteiger partial charge in [-0.05, 0) is 19.1 Å². The second-order valence-electron chi connectivity index (χ2n) is 3.37. The molecule has 0 radical (unpaired) electrons. The summed E-state index contributed by atoms with van der Waals surface area (Å²) in [5.74, 6) is 0. The first-order valence-electron chi connectivity index (χ1n) is 4.55. The van der Waals surface area contributed by atoms with Crippen LogP contribution in [0.15, 0.2) is 28.7 Å². The van der Waals surface area contributed by atoms with Crippen molar-refractivity contribution in [1.82, 2.24) is 9.78 Å². The van der Waals surface area contributed by atoms with Crippen LogP contribution in [-0.4, -0.2) is 18.2 Å². The second kappa shape index (κ2) is 3.91. The van der Waals surface area contributed by atoms with Crippen molar-refractivity contribution in [3.63, 3.8) is 0 Å². The van der Waals surface area contributed by atoms with Crippen molar-refractivity contribution in [2.45, 2.75) is 11.1 Å². The van der Waals surface area contributed by atoms with E-state index in [0.29, 0.717) is 9.90 Å². The third kappa shape index (κ3) is 2.25. The zero-order chi connectivity index (χ0) is 11.8. The van der Waals surface area contributed by atoms with Gasteiger partial charge in [-0.1, -0.05) is 0 Å². The summed E-state index contributed by atoms with van der Waals surface area (Å²) in [4.78, 5) is 0.964. The summed E-state index contributed by atoms with van der Waals surface area (Å²) >= 11 is 1.24. The monoisotopic (exact) mass is 257 g/mol. The summed E-state index contributed by atoms with van der Waals surface area (Å²) in [5.41, 5.74) is 0.466. The SMILES string of the molecule is Cc1ccc(S(=O)(=O)Nc2cnn(C)c2)s1. The molecule has 7 heteroatoms. The Balaban J connectivity index is 2.27. The number of sulfonamides is 1. The van der Waals surface area contributed by atoms with Crippen LogP contribution in [0.25, 0.3) is 0 Å². The van der Waals surface area contributed by atoms with Gasteiger partial charge in [0.1, 0.15) is 4.21 Å². The van der Waals surface area contributed by atoms with Gasteiger partial charge in [0.25, 0.3) is 10.0 Å². The lowest BCUT2D eigenvalue weighted by Crippen LogP contribution is -2.10. The number of hydrogen-bond acceptors (Lipinski definition) is 4. The number of aromatic nitrogens is 2. The summed E-state index contributed by atoms with van der Waals surface area (Å²) < 4.78 is 28.1. The van der Waals surface area contributed by atoms with Crippen molar-refractivity contribution in [1.29, 1.82) is 0 Å². The average molecular weight is 257 g/mol. The van der Waals surface area contributed by atoms with Gasteiger partial charge in [0.15, 0.2) is 0 Å². The number of nitrogens with one attached hydrogen (secondary N) is 1. The van der Waals surface area contributed by atoms with E-state index in [1.165, 1.54) is 22.2 Å². The molecule has 2 aromatic heterocycles. The molecule has 0 fully saturated rings. The summed E-state index contributed by atoms with van der Waals surface area (Å²) in [6.07, 6.45) is 3.08. The minimum atomic E-state index is -3.46. The highest BCUT2D eigenvalue weighted by Gasteiger charge is 2.16. The number of anilines is 1. The zero-order valence-electron chi connectivity index (χ0n) is 8.84. The molecule has 0 amide bonds. The molecule has 0 bridgehead atoms. The molecular formula is C9H11N3O2S2. The van der Waals surface area contributed by atoms with E-state index >= 15 is 0 Å². The van der Waals surface area contributed by atoms with Crippen LogP contribution >= 0.6 is 11.3 Å². The number of hydrogen-bond donors (Lipinski definition) is 1. The van der Waals surface area contributed by atoms with Gasteiger partial charge < -0.3 is 0 Å². The van der Waals surface area contributed by atoms with E-state index in [1.807, 2.05) is 6.92 Å².